The monoisotopic (exact) mass is 402 g/mol. The van der Waals surface area contributed by atoms with E-state index in [1.807, 2.05) is 0 Å². The number of benzene rings is 1. The largest absolute Gasteiger partial charge is 0.292 e. The van der Waals surface area contributed by atoms with E-state index < -0.39 is 13.1 Å². The van der Waals surface area contributed by atoms with Gasteiger partial charge in [-0.3, -0.25) is 4.79 Å². The molecule has 1 aromatic carbocycles. The highest BCUT2D eigenvalue weighted by molar-refractivity contribution is 14.1. The number of rotatable bonds is 3. The number of halogens is 2. The van der Waals surface area contributed by atoms with Gasteiger partial charge in [0.1, 0.15) is 0 Å². The molecule has 1 rings (SSSR count). The van der Waals surface area contributed by atoms with E-state index in [4.69, 9.17) is 0 Å². The van der Waals surface area contributed by atoms with Gasteiger partial charge in [0.2, 0.25) is 0 Å². The highest BCUT2D eigenvalue weighted by atomic mass is 127. The zero-order valence-corrected chi connectivity index (χ0v) is 12.3. The molecule has 0 N–H and O–H groups in total. The van der Waals surface area contributed by atoms with Crippen molar-refractivity contribution in [3.05, 3.63) is 34.3 Å². The number of Topliss-reactive ketones (excluding diaryl/α,β-unsaturated/α-hetero) is 1. The molecule has 0 aliphatic rings. The Kier molecular flexibility index (Phi) is 4.30. The molecule has 82 valence electrons. The maximum Gasteiger partial charge on any atom is 0.190 e. The Morgan fingerprint density at radius 2 is 1.80 bits per heavy atom. The molecule has 0 saturated carbocycles. The Morgan fingerprint density at radius 3 is 2.20 bits per heavy atom. The molecule has 0 spiro atoms. The van der Waals surface area contributed by atoms with Gasteiger partial charge in [0.25, 0.3) is 0 Å². The van der Waals surface area contributed by atoms with Crippen LogP contribution < -0.4 is 0 Å². The van der Waals surface area contributed by atoms with Crippen molar-refractivity contribution in [1.29, 1.82) is 0 Å². The number of hydrogen-bond donors (Lipinski definition) is 0. The van der Waals surface area contributed by atoms with Crippen LogP contribution in [0.15, 0.2) is 28.7 Å². The second-order valence-electron chi connectivity index (χ2n) is 3.02. The van der Waals surface area contributed by atoms with Crippen LogP contribution in [0.4, 0.5) is 0 Å². The van der Waals surface area contributed by atoms with E-state index in [0.29, 0.717) is 5.56 Å². The average molecular weight is 403 g/mol. The summed E-state index contributed by atoms with van der Waals surface area (Å²) in [4.78, 5) is 11.7. The standard InChI is InChI=1S/C9H8BrIO3S/c1-15(13,14)9(11)8(12)6-2-4-7(10)5-3-6/h2-5,9H,1H3/t9-/m0/s1. The number of alkyl halides is 1. The van der Waals surface area contributed by atoms with Crippen LogP contribution in [-0.4, -0.2) is 23.7 Å². The number of hydrogen-bond acceptors (Lipinski definition) is 3. The highest BCUT2D eigenvalue weighted by Crippen LogP contribution is 2.18. The Balaban J connectivity index is 3.01. The maximum atomic E-state index is 11.7. The summed E-state index contributed by atoms with van der Waals surface area (Å²) in [7, 11) is -3.33. The molecule has 1 atom stereocenters. The predicted octanol–water partition coefficient (Wildman–Crippen LogP) is 2.44. The van der Waals surface area contributed by atoms with Crippen LogP contribution in [0.25, 0.3) is 0 Å². The van der Waals surface area contributed by atoms with Crippen LogP contribution in [0.3, 0.4) is 0 Å². The lowest BCUT2D eigenvalue weighted by Crippen LogP contribution is -2.23. The van der Waals surface area contributed by atoms with E-state index in [2.05, 4.69) is 15.9 Å². The lowest BCUT2D eigenvalue weighted by molar-refractivity contribution is 0.101. The average Bonchev–Trinajstić information content (AvgIpc) is 2.15. The molecule has 0 radical (unpaired) electrons. The van der Waals surface area contributed by atoms with Crippen LogP contribution in [-0.2, 0) is 9.84 Å². The summed E-state index contributed by atoms with van der Waals surface area (Å²) in [5, 5.41) is 0. The van der Waals surface area contributed by atoms with E-state index in [1.54, 1.807) is 46.9 Å². The van der Waals surface area contributed by atoms with Gasteiger partial charge >= 0.3 is 0 Å². The number of ketones is 1. The fourth-order valence-electron chi connectivity index (χ4n) is 0.940. The van der Waals surface area contributed by atoms with Crippen molar-refractivity contribution < 1.29 is 13.2 Å². The SMILES string of the molecule is CS(=O)(=O)[C@H](I)C(=O)c1ccc(Br)cc1. The molecule has 0 aliphatic carbocycles. The Hall–Kier alpha value is 0.0500. The molecule has 0 saturated heterocycles. The molecule has 0 aromatic heterocycles. The summed E-state index contributed by atoms with van der Waals surface area (Å²) in [5.41, 5.74) is 0.406. The van der Waals surface area contributed by atoms with Crippen LogP contribution in [0.5, 0.6) is 0 Å². The molecule has 15 heavy (non-hydrogen) atoms. The minimum atomic E-state index is -3.33. The summed E-state index contributed by atoms with van der Waals surface area (Å²) in [6.45, 7) is 0. The second-order valence-corrected chi connectivity index (χ2v) is 8.15. The number of carbonyl (C=O) groups excluding carboxylic acids is 1. The van der Waals surface area contributed by atoms with Crippen molar-refractivity contribution in [2.24, 2.45) is 0 Å². The molecule has 0 amide bonds. The molecular formula is C9H8BrIO3S. The van der Waals surface area contributed by atoms with E-state index in [-0.39, 0.29) is 5.78 Å². The van der Waals surface area contributed by atoms with Gasteiger partial charge in [-0.2, -0.15) is 0 Å². The maximum absolute atomic E-state index is 11.7. The number of sulfone groups is 1. The van der Waals surface area contributed by atoms with Crippen molar-refractivity contribution in [3.8, 4) is 0 Å². The summed E-state index contributed by atoms with van der Waals surface area (Å²) >= 11 is 4.88. The van der Waals surface area contributed by atoms with Crippen molar-refractivity contribution in [1.82, 2.24) is 0 Å². The first kappa shape index (κ1) is 13.1. The highest BCUT2D eigenvalue weighted by Gasteiger charge is 2.26. The van der Waals surface area contributed by atoms with Gasteiger partial charge in [-0.1, -0.05) is 50.7 Å². The van der Waals surface area contributed by atoms with E-state index in [0.717, 1.165) is 10.7 Å². The lowest BCUT2D eigenvalue weighted by atomic mass is 10.2. The van der Waals surface area contributed by atoms with Crippen LogP contribution >= 0.6 is 38.5 Å². The fraction of sp³-hybridized carbons (Fsp3) is 0.222. The summed E-state index contributed by atoms with van der Waals surface area (Å²) in [5.74, 6) is -0.384. The van der Waals surface area contributed by atoms with Gasteiger partial charge in [0, 0.05) is 16.3 Å². The van der Waals surface area contributed by atoms with Crippen LogP contribution in [0.1, 0.15) is 10.4 Å². The van der Waals surface area contributed by atoms with Gasteiger partial charge in [-0.25, -0.2) is 8.42 Å². The van der Waals surface area contributed by atoms with Crippen molar-refractivity contribution in [3.63, 3.8) is 0 Å². The molecule has 0 unspecified atom stereocenters. The smallest absolute Gasteiger partial charge is 0.190 e. The summed E-state index contributed by atoms with van der Waals surface area (Å²) in [6.07, 6.45) is 1.06. The molecule has 3 nitrogen and oxygen atoms in total. The molecule has 1 aromatic rings. The van der Waals surface area contributed by atoms with Gasteiger partial charge in [0.05, 0.1) is 0 Å². The summed E-state index contributed by atoms with van der Waals surface area (Å²) in [6, 6.07) is 6.62. The Bertz CT molecular complexity index is 467. The van der Waals surface area contributed by atoms with Gasteiger partial charge in [-0.05, 0) is 12.1 Å². The third-order valence-electron chi connectivity index (χ3n) is 1.71. The fourth-order valence-corrected chi connectivity index (χ4v) is 2.09. The zero-order valence-electron chi connectivity index (χ0n) is 7.78. The van der Waals surface area contributed by atoms with E-state index >= 15 is 0 Å². The predicted molar refractivity (Wildman–Crippen MR) is 71.1 cm³/mol. The van der Waals surface area contributed by atoms with Crippen LogP contribution in [0.2, 0.25) is 0 Å². The zero-order chi connectivity index (χ0) is 11.6. The van der Waals surface area contributed by atoms with E-state index in [9.17, 15) is 13.2 Å². The molecule has 0 bridgehead atoms. The third-order valence-corrected chi connectivity index (χ3v) is 6.54. The van der Waals surface area contributed by atoms with E-state index in [1.165, 1.54) is 0 Å². The normalized spacial score (nSPS) is 13.5. The molecule has 0 aliphatic heterocycles. The first-order chi connectivity index (χ1) is 6.82. The molecule has 0 fully saturated rings. The lowest BCUT2D eigenvalue weighted by Gasteiger charge is -2.06. The van der Waals surface area contributed by atoms with Crippen molar-refractivity contribution in [2.45, 2.75) is 3.26 Å². The third kappa shape index (κ3) is 3.53. The molecule has 0 heterocycles. The first-order valence-corrected chi connectivity index (χ1v) is 7.94. The number of carbonyl (C=O) groups is 1. The Labute approximate surface area is 110 Å². The molecular weight excluding hydrogens is 395 g/mol. The topological polar surface area (TPSA) is 51.2 Å². The van der Waals surface area contributed by atoms with Gasteiger partial charge < -0.3 is 0 Å². The minimum Gasteiger partial charge on any atom is -0.292 e. The molecule has 6 heteroatoms. The van der Waals surface area contributed by atoms with Crippen molar-refractivity contribution in [2.75, 3.05) is 6.26 Å². The van der Waals surface area contributed by atoms with Gasteiger partial charge in [0.15, 0.2) is 18.9 Å². The second kappa shape index (κ2) is 4.92. The van der Waals surface area contributed by atoms with Crippen molar-refractivity contribution >= 4 is 54.1 Å². The first-order valence-electron chi connectivity index (χ1n) is 3.95. The minimum absolute atomic E-state index is 0.384. The quantitative estimate of drug-likeness (QED) is 0.443. The Morgan fingerprint density at radius 1 is 1.33 bits per heavy atom. The summed E-state index contributed by atoms with van der Waals surface area (Å²) < 4.78 is 22.2. The van der Waals surface area contributed by atoms with Crippen LogP contribution in [0, 0.1) is 0 Å². The van der Waals surface area contributed by atoms with Gasteiger partial charge in [-0.15, -0.1) is 0 Å².